The Balaban J connectivity index is 2.23. The summed E-state index contributed by atoms with van der Waals surface area (Å²) in [4.78, 5) is 13.0. The van der Waals surface area contributed by atoms with Crippen LogP contribution >= 0.6 is 0 Å². The predicted octanol–water partition coefficient (Wildman–Crippen LogP) is -0.993. The fraction of sp³-hybridized carbons (Fsp3) is 0.750. The number of nitrogens with two attached hydrogens (primary N) is 1. The summed E-state index contributed by atoms with van der Waals surface area (Å²) in [5.41, 5.74) is 5.71. The Bertz CT molecular complexity index is 215. The largest absolute Gasteiger partial charge is 0.328 e. The highest BCUT2D eigenvalue weighted by Gasteiger charge is 2.17. The minimum atomic E-state index is -0.238. The highest BCUT2D eigenvalue weighted by molar-refractivity contribution is 5.79. The SMILES string of the molecule is N#CNC(=O)CN1CCC(N)CC1. The minimum Gasteiger partial charge on any atom is -0.328 e. The number of carbonyl (C=O) groups is 1. The van der Waals surface area contributed by atoms with Crippen molar-refractivity contribution in [1.82, 2.24) is 10.2 Å². The molecule has 1 fully saturated rings. The van der Waals surface area contributed by atoms with E-state index in [-0.39, 0.29) is 11.9 Å². The Labute approximate surface area is 77.5 Å². The van der Waals surface area contributed by atoms with Crippen LogP contribution < -0.4 is 11.1 Å². The van der Waals surface area contributed by atoms with Crippen molar-refractivity contribution in [3.8, 4) is 6.19 Å². The molecule has 0 unspecified atom stereocenters. The molecule has 0 aliphatic carbocycles. The maximum Gasteiger partial charge on any atom is 0.247 e. The second kappa shape index (κ2) is 4.80. The zero-order chi connectivity index (χ0) is 9.68. The van der Waals surface area contributed by atoms with Crippen molar-refractivity contribution in [2.24, 2.45) is 5.73 Å². The van der Waals surface area contributed by atoms with Crippen LogP contribution in [0.3, 0.4) is 0 Å². The summed E-state index contributed by atoms with van der Waals surface area (Å²) in [6, 6.07) is 0.273. The fourth-order valence-corrected chi connectivity index (χ4v) is 1.42. The number of rotatable bonds is 2. The molecule has 1 heterocycles. The third-order valence-corrected chi connectivity index (χ3v) is 2.19. The van der Waals surface area contributed by atoms with Crippen LogP contribution in [0.25, 0.3) is 0 Å². The van der Waals surface area contributed by atoms with Gasteiger partial charge < -0.3 is 5.73 Å². The van der Waals surface area contributed by atoms with Gasteiger partial charge in [-0.2, -0.15) is 5.26 Å². The van der Waals surface area contributed by atoms with Gasteiger partial charge in [0.15, 0.2) is 6.19 Å². The smallest absolute Gasteiger partial charge is 0.247 e. The molecule has 0 bridgehead atoms. The molecule has 3 N–H and O–H groups in total. The molecule has 1 aliphatic rings. The second-order valence-electron chi connectivity index (χ2n) is 3.27. The van der Waals surface area contributed by atoms with E-state index in [4.69, 9.17) is 11.0 Å². The van der Waals surface area contributed by atoms with Crippen molar-refractivity contribution in [3.63, 3.8) is 0 Å². The minimum absolute atomic E-state index is 0.238. The number of nitrogens with one attached hydrogen (secondary N) is 1. The van der Waals surface area contributed by atoms with E-state index in [0.717, 1.165) is 25.9 Å². The number of hydrogen-bond acceptors (Lipinski definition) is 4. The Hall–Kier alpha value is -1.12. The quantitative estimate of drug-likeness (QED) is 0.424. The van der Waals surface area contributed by atoms with E-state index in [9.17, 15) is 4.79 Å². The monoisotopic (exact) mass is 182 g/mol. The first-order valence-corrected chi connectivity index (χ1v) is 4.38. The van der Waals surface area contributed by atoms with E-state index >= 15 is 0 Å². The molecule has 5 heteroatoms. The summed E-state index contributed by atoms with van der Waals surface area (Å²) < 4.78 is 0. The molecule has 0 aromatic heterocycles. The van der Waals surface area contributed by atoms with Crippen molar-refractivity contribution in [1.29, 1.82) is 5.26 Å². The number of likely N-dealkylation sites (tertiary alicyclic amines) is 1. The maximum absolute atomic E-state index is 11.0. The van der Waals surface area contributed by atoms with Crippen LogP contribution in [0.5, 0.6) is 0 Å². The van der Waals surface area contributed by atoms with Crippen LogP contribution in [-0.2, 0) is 4.79 Å². The molecule has 72 valence electrons. The van der Waals surface area contributed by atoms with Crippen LogP contribution in [0.1, 0.15) is 12.8 Å². The summed E-state index contributed by atoms with van der Waals surface area (Å²) in [5.74, 6) is -0.238. The first-order valence-electron chi connectivity index (χ1n) is 4.38. The van der Waals surface area contributed by atoms with Crippen LogP contribution in [0.4, 0.5) is 0 Å². The Morgan fingerprint density at radius 3 is 2.77 bits per heavy atom. The van der Waals surface area contributed by atoms with Crippen molar-refractivity contribution in [3.05, 3.63) is 0 Å². The van der Waals surface area contributed by atoms with E-state index in [1.807, 2.05) is 4.90 Å². The van der Waals surface area contributed by atoms with Gasteiger partial charge in [0.2, 0.25) is 5.91 Å². The third kappa shape index (κ3) is 3.40. The third-order valence-electron chi connectivity index (χ3n) is 2.19. The average Bonchev–Trinajstić information content (AvgIpc) is 2.09. The van der Waals surface area contributed by atoms with Crippen LogP contribution in [0.15, 0.2) is 0 Å². The fourth-order valence-electron chi connectivity index (χ4n) is 1.42. The van der Waals surface area contributed by atoms with Gasteiger partial charge in [-0.3, -0.25) is 15.0 Å². The summed E-state index contributed by atoms with van der Waals surface area (Å²) in [5, 5.41) is 10.3. The zero-order valence-corrected chi connectivity index (χ0v) is 7.49. The van der Waals surface area contributed by atoms with E-state index in [1.54, 1.807) is 6.19 Å². The molecule has 1 aliphatic heterocycles. The number of carbonyl (C=O) groups excluding carboxylic acids is 1. The Kier molecular flexibility index (Phi) is 3.68. The highest BCUT2D eigenvalue weighted by Crippen LogP contribution is 2.06. The van der Waals surface area contributed by atoms with Gasteiger partial charge in [-0.1, -0.05) is 0 Å². The second-order valence-corrected chi connectivity index (χ2v) is 3.27. The van der Waals surface area contributed by atoms with Gasteiger partial charge in [-0.15, -0.1) is 0 Å². The molecule has 0 saturated carbocycles. The molecule has 13 heavy (non-hydrogen) atoms. The number of amides is 1. The normalized spacial score (nSPS) is 19.4. The molecule has 0 atom stereocenters. The Morgan fingerprint density at radius 1 is 1.62 bits per heavy atom. The molecular formula is C8H14N4O. The standard InChI is InChI=1S/C8H14N4O/c9-6-11-8(13)5-12-3-1-7(10)2-4-12/h7H,1-5,10H2,(H,11,13). The summed E-state index contributed by atoms with van der Waals surface area (Å²) in [6.07, 6.45) is 3.48. The van der Waals surface area contributed by atoms with E-state index in [1.165, 1.54) is 0 Å². The van der Waals surface area contributed by atoms with E-state index in [2.05, 4.69) is 5.32 Å². The summed E-state index contributed by atoms with van der Waals surface area (Å²) in [6.45, 7) is 2.00. The summed E-state index contributed by atoms with van der Waals surface area (Å²) in [7, 11) is 0. The van der Waals surface area contributed by atoms with Gasteiger partial charge in [0, 0.05) is 19.1 Å². The van der Waals surface area contributed by atoms with Crippen molar-refractivity contribution in [2.75, 3.05) is 19.6 Å². The molecule has 5 nitrogen and oxygen atoms in total. The molecule has 1 rings (SSSR count). The van der Waals surface area contributed by atoms with Gasteiger partial charge in [-0.25, -0.2) is 0 Å². The van der Waals surface area contributed by atoms with E-state index < -0.39 is 0 Å². The zero-order valence-electron chi connectivity index (χ0n) is 7.49. The van der Waals surface area contributed by atoms with Gasteiger partial charge >= 0.3 is 0 Å². The van der Waals surface area contributed by atoms with Crippen molar-refractivity contribution in [2.45, 2.75) is 18.9 Å². The lowest BCUT2D eigenvalue weighted by molar-refractivity contribution is -0.121. The lowest BCUT2D eigenvalue weighted by atomic mass is 10.1. The molecule has 1 amide bonds. The number of nitriles is 1. The maximum atomic E-state index is 11.0. The molecular weight excluding hydrogens is 168 g/mol. The van der Waals surface area contributed by atoms with Crippen LogP contribution in [-0.4, -0.2) is 36.5 Å². The number of hydrogen-bond donors (Lipinski definition) is 2. The Morgan fingerprint density at radius 2 is 2.23 bits per heavy atom. The van der Waals surface area contributed by atoms with Gasteiger partial charge in [0.1, 0.15) is 0 Å². The topological polar surface area (TPSA) is 82.2 Å². The van der Waals surface area contributed by atoms with Crippen molar-refractivity contribution < 1.29 is 4.79 Å². The highest BCUT2D eigenvalue weighted by atomic mass is 16.1. The van der Waals surface area contributed by atoms with Gasteiger partial charge in [-0.05, 0) is 12.8 Å². The molecule has 1 saturated heterocycles. The molecule has 0 aromatic carbocycles. The first kappa shape index (κ1) is 9.96. The van der Waals surface area contributed by atoms with Gasteiger partial charge in [0.05, 0.1) is 6.54 Å². The molecule has 0 radical (unpaired) electrons. The molecule has 0 spiro atoms. The number of nitrogens with zero attached hydrogens (tertiary/aromatic N) is 2. The lowest BCUT2D eigenvalue weighted by Gasteiger charge is -2.28. The summed E-state index contributed by atoms with van der Waals surface area (Å²) >= 11 is 0. The average molecular weight is 182 g/mol. The van der Waals surface area contributed by atoms with Crippen LogP contribution in [0, 0.1) is 11.5 Å². The first-order chi connectivity index (χ1) is 6.22. The number of piperidine rings is 1. The van der Waals surface area contributed by atoms with Gasteiger partial charge in [0.25, 0.3) is 0 Å². The molecule has 0 aromatic rings. The predicted molar refractivity (Wildman–Crippen MR) is 47.4 cm³/mol. The lowest BCUT2D eigenvalue weighted by Crippen LogP contribution is -2.43. The van der Waals surface area contributed by atoms with E-state index in [0.29, 0.717) is 6.54 Å². The van der Waals surface area contributed by atoms with Crippen LogP contribution in [0.2, 0.25) is 0 Å². The van der Waals surface area contributed by atoms with Crippen molar-refractivity contribution >= 4 is 5.91 Å².